The molecule has 0 radical (unpaired) electrons. The molecule has 0 aliphatic rings. The molecule has 0 saturated heterocycles. The lowest BCUT2D eigenvalue weighted by atomic mass is 9.96. The number of aliphatic hydroxyl groups is 1. The lowest BCUT2D eigenvalue weighted by Gasteiger charge is -2.12. The Kier molecular flexibility index (Phi) is 12.4. The number of hydrogen-bond donors (Lipinski definition) is 1. The molecule has 2 atom stereocenters. The van der Waals surface area contributed by atoms with Crippen molar-refractivity contribution in [1.82, 2.24) is 0 Å². The Morgan fingerprint density at radius 1 is 0.706 bits per heavy atom. The number of rotatable bonds is 12. The highest BCUT2D eigenvalue weighted by atomic mass is 16.3. The van der Waals surface area contributed by atoms with Gasteiger partial charge in [0.25, 0.3) is 0 Å². The molecular formula is C16H34O. The standard InChI is InChI=1S/C16H34O/c1-4-5-6-7-8-9-10-11-12-15(2)13-14-16(3)17/h15-17H,4-14H2,1-3H3. The normalized spacial score (nSPS) is 14.8. The van der Waals surface area contributed by atoms with Gasteiger partial charge in [0.15, 0.2) is 0 Å². The average Bonchev–Trinajstić information content (AvgIpc) is 2.30. The summed E-state index contributed by atoms with van der Waals surface area (Å²) in [7, 11) is 0. The lowest BCUT2D eigenvalue weighted by molar-refractivity contribution is 0.173. The predicted molar refractivity (Wildman–Crippen MR) is 77.3 cm³/mol. The molecule has 0 bridgehead atoms. The first kappa shape index (κ1) is 17.0. The first-order chi connectivity index (χ1) is 8.16. The van der Waals surface area contributed by atoms with Gasteiger partial charge in [0.05, 0.1) is 6.10 Å². The van der Waals surface area contributed by atoms with Crippen LogP contribution in [0, 0.1) is 5.92 Å². The van der Waals surface area contributed by atoms with Gasteiger partial charge in [-0.05, 0) is 25.7 Å². The molecule has 2 unspecified atom stereocenters. The summed E-state index contributed by atoms with van der Waals surface area (Å²) in [4.78, 5) is 0. The van der Waals surface area contributed by atoms with Crippen LogP contribution in [-0.4, -0.2) is 11.2 Å². The summed E-state index contributed by atoms with van der Waals surface area (Å²) in [5, 5.41) is 9.21. The van der Waals surface area contributed by atoms with Gasteiger partial charge in [-0.15, -0.1) is 0 Å². The lowest BCUT2D eigenvalue weighted by Crippen LogP contribution is -2.03. The second-order valence-electron chi connectivity index (χ2n) is 5.80. The first-order valence-electron chi connectivity index (χ1n) is 7.84. The number of hydrogen-bond acceptors (Lipinski definition) is 1. The highest BCUT2D eigenvalue weighted by Crippen LogP contribution is 2.17. The molecule has 0 heterocycles. The molecule has 0 aromatic rings. The molecule has 0 aliphatic carbocycles. The van der Waals surface area contributed by atoms with Crippen molar-refractivity contribution in [3.05, 3.63) is 0 Å². The van der Waals surface area contributed by atoms with Crippen molar-refractivity contribution in [2.45, 2.75) is 97.5 Å². The van der Waals surface area contributed by atoms with E-state index in [1.54, 1.807) is 0 Å². The first-order valence-corrected chi connectivity index (χ1v) is 7.84. The third kappa shape index (κ3) is 13.9. The quantitative estimate of drug-likeness (QED) is 0.460. The van der Waals surface area contributed by atoms with Crippen LogP contribution in [0.15, 0.2) is 0 Å². The smallest absolute Gasteiger partial charge is 0.0512 e. The van der Waals surface area contributed by atoms with E-state index < -0.39 is 0 Å². The molecule has 0 aromatic carbocycles. The van der Waals surface area contributed by atoms with Gasteiger partial charge in [0.2, 0.25) is 0 Å². The Morgan fingerprint density at radius 2 is 1.24 bits per heavy atom. The summed E-state index contributed by atoms with van der Waals surface area (Å²) in [5.41, 5.74) is 0. The molecule has 0 amide bonds. The van der Waals surface area contributed by atoms with Crippen LogP contribution in [0.25, 0.3) is 0 Å². The van der Waals surface area contributed by atoms with Gasteiger partial charge in [-0.2, -0.15) is 0 Å². The van der Waals surface area contributed by atoms with Crippen LogP contribution in [0.1, 0.15) is 91.4 Å². The van der Waals surface area contributed by atoms with Crippen LogP contribution in [0.2, 0.25) is 0 Å². The summed E-state index contributed by atoms with van der Waals surface area (Å²) in [6.45, 7) is 6.49. The minimum absolute atomic E-state index is 0.115. The molecule has 0 aliphatic heterocycles. The average molecular weight is 242 g/mol. The van der Waals surface area contributed by atoms with Gasteiger partial charge < -0.3 is 5.11 Å². The Labute approximate surface area is 109 Å². The second-order valence-corrected chi connectivity index (χ2v) is 5.80. The van der Waals surface area contributed by atoms with Crippen LogP contribution in [0.3, 0.4) is 0 Å². The van der Waals surface area contributed by atoms with Crippen LogP contribution in [-0.2, 0) is 0 Å². The van der Waals surface area contributed by atoms with Crippen molar-refractivity contribution in [1.29, 1.82) is 0 Å². The minimum Gasteiger partial charge on any atom is -0.393 e. The van der Waals surface area contributed by atoms with E-state index in [4.69, 9.17) is 0 Å². The zero-order valence-corrected chi connectivity index (χ0v) is 12.4. The predicted octanol–water partition coefficient (Wildman–Crippen LogP) is 5.31. The molecule has 0 saturated carbocycles. The van der Waals surface area contributed by atoms with Crippen molar-refractivity contribution >= 4 is 0 Å². The van der Waals surface area contributed by atoms with Gasteiger partial charge in [0.1, 0.15) is 0 Å². The van der Waals surface area contributed by atoms with Crippen molar-refractivity contribution < 1.29 is 5.11 Å². The van der Waals surface area contributed by atoms with E-state index in [0.29, 0.717) is 0 Å². The van der Waals surface area contributed by atoms with Crippen molar-refractivity contribution in [3.63, 3.8) is 0 Å². The maximum atomic E-state index is 9.21. The van der Waals surface area contributed by atoms with Crippen molar-refractivity contribution in [3.8, 4) is 0 Å². The monoisotopic (exact) mass is 242 g/mol. The third-order valence-corrected chi connectivity index (χ3v) is 3.63. The Morgan fingerprint density at radius 3 is 1.76 bits per heavy atom. The van der Waals surface area contributed by atoms with E-state index in [-0.39, 0.29) is 6.10 Å². The maximum absolute atomic E-state index is 9.21. The fourth-order valence-electron chi connectivity index (χ4n) is 2.30. The van der Waals surface area contributed by atoms with Crippen molar-refractivity contribution in [2.24, 2.45) is 5.92 Å². The molecule has 0 aromatic heterocycles. The summed E-state index contributed by atoms with van der Waals surface area (Å²) in [5.74, 6) is 0.796. The summed E-state index contributed by atoms with van der Waals surface area (Å²) < 4.78 is 0. The fraction of sp³-hybridized carbons (Fsp3) is 1.00. The number of aliphatic hydroxyl groups excluding tert-OH is 1. The molecule has 0 rings (SSSR count). The summed E-state index contributed by atoms with van der Waals surface area (Å²) in [6.07, 6.45) is 14.7. The maximum Gasteiger partial charge on any atom is 0.0512 e. The van der Waals surface area contributed by atoms with Gasteiger partial charge in [-0.25, -0.2) is 0 Å². The third-order valence-electron chi connectivity index (χ3n) is 3.63. The molecule has 1 N–H and O–H groups in total. The molecule has 104 valence electrons. The zero-order chi connectivity index (χ0) is 12.9. The van der Waals surface area contributed by atoms with E-state index in [1.165, 1.54) is 64.2 Å². The number of unbranched alkanes of at least 4 members (excludes halogenated alkanes) is 7. The zero-order valence-electron chi connectivity index (χ0n) is 12.4. The highest BCUT2D eigenvalue weighted by Gasteiger charge is 2.04. The molecular weight excluding hydrogens is 208 g/mol. The van der Waals surface area contributed by atoms with Gasteiger partial charge in [-0.3, -0.25) is 0 Å². The van der Waals surface area contributed by atoms with Gasteiger partial charge in [0, 0.05) is 0 Å². The molecule has 17 heavy (non-hydrogen) atoms. The van der Waals surface area contributed by atoms with Crippen LogP contribution < -0.4 is 0 Å². The Balaban J connectivity index is 3.11. The van der Waals surface area contributed by atoms with Crippen LogP contribution >= 0.6 is 0 Å². The summed E-state index contributed by atoms with van der Waals surface area (Å²) >= 11 is 0. The Hall–Kier alpha value is -0.0400. The molecule has 0 fully saturated rings. The topological polar surface area (TPSA) is 20.2 Å². The fourth-order valence-corrected chi connectivity index (χ4v) is 2.30. The van der Waals surface area contributed by atoms with E-state index in [2.05, 4.69) is 13.8 Å². The van der Waals surface area contributed by atoms with Gasteiger partial charge in [-0.1, -0.05) is 71.6 Å². The molecule has 1 heteroatoms. The highest BCUT2D eigenvalue weighted by molar-refractivity contribution is 4.57. The second kappa shape index (κ2) is 12.4. The van der Waals surface area contributed by atoms with Crippen LogP contribution in [0.4, 0.5) is 0 Å². The molecule has 0 spiro atoms. The van der Waals surface area contributed by atoms with Crippen LogP contribution in [0.5, 0.6) is 0 Å². The van der Waals surface area contributed by atoms with E-state index in [1.807, 2.05) is 6.92 Å². The Bertz CT molecular complexity index is 142. The minimum atomic E-state index is -0.115. The summed E-state index contributed by atoms with van der Waals surface area (Å²) in [6, 6.07) is 0. The van der Waals surface area contributed by atoms with Gasteiger partial charge >= 0.3 is 0 Å². The SMILES string of the molecule is CCCCCCCCCCC(C)CCC(C)O. The van der Waals surface area contributed by atoms with E-state index in [0.717, 1.165) is 12.3 Å². The molecule has 1 nitrogen and oxygen atoms in total. The van der Waals surface area contributed by atoms with Crippen molar-refractivity contribution in [2.75, 3.05) is 0 Å². The largest absolute Gasteiger partial charge is 0.393 e. The van der Waals surface area contributed by atoms with E-state index in [9.17, 15) is 5.11 Å². The van der Waals surface area contributed by atoms with E-state index >= 15 is 0 Å².